The van der Waals surface area contributed by atoms with Crippen LogP contribution in [-0.4, -0.2) is 66.5 Å². The van der Waals surface area contributed by atoms with Crippen LogP contribution in [0.2, 0.25) is 30.1 Å². The summed E-state index contributed by atoms with van der Waals surface area (Å²) < 4.78 is 52.4. The van der Waals surface area contributed by atoms with E-state index >= 15 is 0 Å². The number of nitrogens with zero attached hydrogens (tertiary/aromatic N) is 2. The number of benzene rings is 2. The highest BCUT2D eigenvalue weighted by Crippen LogP contribution is 2.37. The second-order valence-corrected chi connectivity index (χ2v) is 14.0. The number of carboxylic acid groups (broad SMARTS) is 1. The van der Waals surface area contributed by atoms with Gasteiger partial charge in [0, 0.05) is 10.6 Å². The molecule has 2 aromatic heterocycles. The average molecular weight is 933 g/mol. The van der Waals surface area contributed by atoms with E-state index in [9.17, 15) is 23.2 Å². The lowest BCUT2D eigenvalue weighted by molar-refractivity contribution is -0.151. The van der Waals surface area contributed by atoms with E-state index in [-0.39, 0.29) is 66.2 Å². The topological polar surface area (TPSA) is 195 Å². The quantitative estimate of drug-likeness (QED) is 0.0579. The lowest BCUT2D eigenvalue weighted by atomic mass is 10.1. The van der Waals surface area contributed by atoms with Crippen molar-refractivity contribution in [2.24, 2.45) is 0 Å². The number of carboxylic acids is 1. The number of halogens is 8. The summed E-state index contributed by atoms with van der Waals surface area (Å²) >= 11 is 34.5. The van der Waals surface area contributed by atoms with Crippen LogP contribution in [0, 0.1) is 11.8 Å². The minimum absolute atomic E-state index is 0.0584. The van der Waals surface area contributed by atoms with Gasteiger partial charge in [0.1, 0.15) is 15.8 Å². The molecule has 0 fully saturated rings. The van der Waals surface area contributed by atoms with Crippen LogP contribution in [0.5, 0.6) is 17.4 Å². The number of aliphatic carboxylic acids is 1. The molecule has 1 atom stereocenters. The summed E-state index contributed by atoms with van der Waals surface area (Å²) in [6.07, 6.45) is 4.99. The molecule has 0 saturated carbocycles. The molecular weight excluding hydrogens is 895 g/mol. The Morgan fingerprint density at radius 1 is 0.845 bits per heavy atom. The Bertz CT molecular complexity index is 2070. The Balaban J connectivity index is 0.000000312. The van der Waals surface area contributed by atoms with Gasteiger partial charge in [-0.25, -0.2) is 23.8 Å². The zero-order valence-corrected chi connectivity index (χ0v) is 35.8. The highest BCUT2D eigenvalue weighted by atomic mass is 35.5. The molecule has 4 aromatic rings. The molecule has 0 aliphatic carbocycles. The fraction of sp³-hybridized carbons (Fsp3) is 0.324. The number of ether oxygens (including phenoxy) is 5. The van der Waals surface area contributed by atoms with E-state index in [2.05, 4.69) is 21.6 Å². The number of pyridine rings is 2. The number of carbonyl (C=O) groups is 3. The second-order valence-electron chi connectivity index (χ2n) is 11.6. The SMILES string of the molecule is CCCCCCC(C)OC(=O)COc1nc(F)c(Cl)c(N)c1Cl.COC(=O)c1nc(-c2ccc(Cl)c(OC)c2F)cc(N)c1Cl.O=C(O)COc1ccc(Cl)cc1Cl. The van der Waals surface area contributed by atoms with Gasteiger partial charge in [-0.3, -0.25) is 0 Å². The van der Waals surface area contributed by atoms with Gasteiger partial charge in [0.25, 0.3) is 0 Å². The van der Waals surface area contributed by atoms with Crippen molar-refractivity contribution in [1.29, 1.82) is 0 Å². The standard InChI is InChI=1S/C15H21Cl2FN2O3.C14H11Cl2FN2O3.C8H6Cl2O3/c1-3-4-5-6-7-9(2)23-10(21)8-22-15-12(17)13(19)11(16)14(18)20-15;1-21-13-7(15)4-3-6(11(13)17)9-5-8(18)10(16)12(19-9)14(20)22-2;9-5-1-2-7(6(10)3-5)13-4-8(11)12/h9H,3-8H2,1-2H3,(H2,19,20);3-5H,1-2H3,(H2,18,19);1-3H,4H2,(H,11,12). The maximum Gasteiger partial charge on any atom is 0.358 e. The summed E-state index contributed by atoms with van der Waals surface area (Å²) in [7, 11) is 2.46. The smallest absolute Gasteiger partial charge is 0.358 e. The number of esters is 2. The lowest BCUT2D eigenvalue weighted by Gasteiger charge is -2.14. The first-order valence-electron chi connectivity index (χ1n) is 16.8. The fourth-order valence-corrected chi connectivity index (χ4v) is 5.71. The van der Waals surface area contributed by atoms with Crippen molar-refractivity contribution in [2.75, 3.05) is 38.9 Å². The number of nitrogen functional groups attached to an aromatic ring is 2. The van der Waals surface area contributed by atoms with Gasteiger partial charge >= 0.3 is 17.9 Å². The van der Waals surface area contributed by atoms with E-state index in [4.69, 9.17) is 105 Å². The minimum atomic E-state index is -1.05. The highest BCUT2D eigenvalue weighted by molar-refractivity contribution is 6.39. The van der Waals surface area contributed by atoms with E-state index in [1.54, 1.807) is 6.07 Å². The summed E-state index contributed by atoms with van der Waals surface area (Å²) in [4.78, 5) is 40.9. The molecule has 4 rings (SSSR count). The van der Waals surface area contributed by atoms with E-state index in [1.807, 2.05) is 6.92 Å². The Labute approximate surface area is 362 Å². The van der Waals surface area contributed by atoms with E-state index < -0.39 is 42.9 Å². The highest BCUT2D eigenvalue weighted by Gasteiger charge is 2.22. The number of aromatic nitrogens is 2. The monoisotopic (exact) mass is 930 g/mol. The number of unbranched alkanes of at least 4 members (excludes halogenated alkanes) is 3. The molecule has 0 amide bonds. The van der Waals surface area contributed by atoms with Crippen molar-refractivity contribution in [3.63, 3.8) is 0 Å². The number of carbonyl (C=O) groups excluding carboxylic acids is 2. The van der Waals surface area contributed by atoms with Gasteiger partial charge in [0.05, 0.1) is 52.5 Å². The molecule has 1 unspecified atom stereocenters. The van der Waals surface area contributed by atoms with E-state index in [1.165, 1.54) is 44.6 Å². The van der Waals surface area contributed by atoms with Gasteiger partial charge in [0.2, 0.25) is 11.8 Å². The summed E-state index contributed by atoms with van der Waals surface area (Å²) in [5, 5.41) is 8.63. The number of anilines is 2. The Kier molecular flexibility index (Phi) is 21.2. The van der Waals surface area contributed by atoms with Gasteiger partial charge in [-0.15, -0.1) is 0 Å². The second kappa shape index (κ2) is 24.6. The lowest BCUT2D eigenvalue weighted by Crippen LogP contribution is -2.21. The minimum Gasteiger partial charge on any atom is -0.492 e. The maximum atomic E-state index is 14.4. The van der Waals surface area contributed by atoms with Crippen LogP contribution in [-0.2, 0) is 19.1 Å². The van der Waals surface area contributed by atoms with E-state index in [0.29, 0.717) is 15.8 Å². The molecule has 0 bridgehead atoms. The normalized spacial score (nSPS) is 10.9. The molecule has 13 nitrogen and oxygen atoms in total. The van der Waals surface area contributed by atoms with Crippen molar-refractivity contribution in [3.05, 3.63) is 84.0 Å². The predicted molar refractivity (Wildman–Crippen MR) is 220 cm³/mol. The number of rotatable bonds is 15. The van der Waals surface area contributed by atoms with Crippen LogP contribution in [0.3, 0.4) is 0 Å². The van der Waals surface area contributed by atoms with Crippen LogP contribution < -0.4 is 25.7 Å². The molecule has 21 heteroatoms. The first-order chi connectivity index (χ1) is 27.4. The van der Waals surface area contributed by atoms with Gasteiger partial charge in [0.15, 0.2) is 30.5 Å². The third-order valence-corrected chi connectivity index (χ3v) is 9.25. The number of hydrogen-bond donors (Lipinski definition) is 3. The molecular formula is C37H38Cl6F2N4O9. The Morgan fingerprint density at radius 2 is 1.53 bits per heavy atom. The van der Waals surface area contributed by atoms with E-state index in [0.717, 1.165) is 32.1 Å². The van der Waals surface area contributed by atoms with Crippen molar-refractivity contribution in [2.45, 2.75) is 52.1 Å². The van der Waals surface area contributed by atoms with Crippen LogP contribution in [0.4, 0.5) is 20.2 Å². The summed E-state index contributed by atoms with van der Waals surface area (Å²) in [6, 6.07) is 8.78. The molecule has 0 aliphatic heterocycles. The summed E-state index contributed by atoms with van der Waals surface area (Å²) in [5.74, 6) is -4.26. The molecule has 0 aliphatic rings. The number of hydrogen-bond acceptors (Lipinski definition) is 12. The van der Waals surface area contributed by atoms with Crippen molar-refractivity contribution >= 4 is 98.9 Å². The number of nitrogens with two attached hydrogens (primary N) is 2. The van der Waals surface area contributed by atoms with Crippen molar-refractivity contribution in [1.82, 2.24) is 9.97 Å². The van der Waals surface area contributed by atoms with Gasteiger partial charge in [-0.05, 0) is 56.2 Å². The maximum absolute atomic E-state index is 14.4. The first kappa shape index (κ1) is 49.9. The zero-order chi connectivity index (χ0) is 43.7. The molecule has 2 aromatic carbocycles. The van der Waals surface area contributed by atoms with Crippen LogP contribution >= 0.6 is 69.6 Å². The van der Waals surface area contributed by atoms with Crippen LogP contribution in [0.15, 0.2) is 36.4 Å². The molecule has 316 valence electrons. The molecule has 0 spiro atoms. The largest absolute Gasteiger partial charge is 0.492 e. The first-order valence-corrected chi connectivity index (χ1v) is 19.1. The molecule has 2 heterocycles. The van der Waals surface area contributed by atoms with Gasteiger partial charge in [-0.1, -0.05) is 95.8 Å². The summed E-state index contributed by atoms with van der Waals surface area (Å²) in [5.41, 5.74) is 11.1. The van der Waals surface area contributed by atoms with Crippen molar-refractivity contribution < 1.29 is 52.0 Å². The fourth-order valence-electron chi connectivity index (χ4n) is 4.48. The third kappa shape index (κ3) is 15.2. The average Bonchev–Trinajstić information content (AvgIpc) is 3.17. The van der Waals surface area contributed by atoms with Crippen molar-refractivity contribution in [3.8, 4) is 28.6 Å². The number of methoxy groups -OCH3 is 2. The molecule has 58 heavy (non-hydrogen) atoms. The predicted octanol–water partition coefficient (Wildman–Crippen LogP) is 10.4. The molecule has 0 saturated heterocycles. The Morgan fingerprint density at radius 3 is 2.14 bits per heavy atom. The van der Waals surface area contributed by atoms with Gasteiger partial charge in [-0.2, -0.15) is 9.37 Å². The van der Waals surface area contributed by atoms with Crippen LogP contribution in [0.1, 0.15) is 56.4 Å². The van der Waals surface area contributed by atoms with Crippen LogP contribution in [0.25, 0.3) is 11.3 Å². The molecule has 5 N–H and O–H groups in total. The zero-order valence-electron chi connectivity index (χ0n) is 31.3. The van der Waals surface area contributed by atoms with Gasteiger partial charge < -0.3 is 40.3 Å². The molecule has 0 radical (unpaired) electrons. The third-order valence-electron chi connectivity index (χ3n) is 7.30. The summed E-state index contributed by atoms with van der Waals surface area (Å²) in [6.45, 7) is 3.09. The Hall–Kier alpha value is -4.25.